The van der Waals surface area contributed by atoms with Crippen molar-refractivity contribution >= 4 is 40.6 Å². The van der Waals surface area contributed by atoms with Crippen LogP contribution in [0.3, 0.4) is 0 Å². The van der Waals surface area contributed by atoms with Gasteiger partial charge in [0, 0.05) is 38.6 Å². The maximum Gasteiger partial charge on any atom is 0.229 e. The molecule has 8 aromatic rings. The molecule has 368 valence electrons. The van der Waals surface area contributed by atoms with Crippen molar-refractivity contribution in [2.24, 2.45) is 0 Å². The van der Waals surface area contributed by atoms with Crippen molar-refractivity contribution in [2.75, 3.05) is 62.4 Å². The first-order chi connectivity index (χ1) is 34.0. The van der Waals surface area contributed by atoms with E-state index in [0.29, 0.717) is 57.6 Å². The molecule has 0 fully saturated rings. The minimum absolute atomic E-state index is 0.0290. The second kappa shape index (κ2) is 20.7. The van der Waals surface area contributed by atoms with Crippen LogP contribution in [0, 0.1) is 48.8 Å². The minimum Gasteiger partial charge on any atom is -0.493 e. The number of nitrogens with zero attached hydrogens (tertiary/aromatic N) is 12. The number of imidazole rings is 2. The zero-order chi connectivity index (χ0) is 50.7. The lowest BCUT2D eigenvalue weighted by Crippen LogP contribution is -2.34. The molecule has 2 unspecified atom stereocenters. The SMILES string of the molecule is CN1c2nc(Cl)ncc2OCC1c1cc(F)c(F)c(F)c1.COc1cc(N)cnc1-n1cnc(C)c1.COc1cc(Nc2ncc3c(n2)N(C)C(c2cc(F)c(F)c(F)c2)CO3)cnc1-n1cnc(C)c1. The van der Waals surface area contributed by atoms with Crippen LogP contribution in [0.5, 0.6) is 23.0 Å². The second-order valence-electron chi connectivity index (χ2n) is 15.7. The molecule has 25 heteroatoms. The summed E-state index contributed by atoms with van der Waals surface area (Å²) >= 11 is 5.73. The van der Waals surface area contributed by atoms with Crippen LogP contribution >= 0.6 is 11.6 Å². The van der Waals surface area contributed by atoms with Crippen LogP contribution in [0.1, 0.15) is 34.6 Å². The molecule has 10 rings (SSSR count). The topological polar surface area (TPSA) is 194 Å². The first-order valence-electron chi connectivity index (χ1n) is 21.0. The van der Waals surface area contributed by atoms with Crippen LogP contribution in [0.4, 0.5) is 55.3 Å². The second-order valence-corrected chi connectivity index (χ2v) is 16.0. The Morgan fingerprint density at radius 1 is 0.606 bits per heavy atom. The predicted octanol–water partition coefficient (Wildman–Crippen LogP) is 8.39. The Balaban J connectivity index is 0.000000159. The summed E-state index contributed by atoms with van der Waals surface area (Å²) in [5, 5.41) is 3.10. The Bertz CT molecular complexity index is 3190. The average molecular weight is 1000 g/mol. The smallest absolute Gasteiger partial charge is 0.229 e. The molecule has 2 atom stereocenters. The molecule has 2 aliphatic rings. The van der Waals surface area contributed by atoms with Gasteiger partial charge in [0.05, 0.1) is 73.9 Å². The van der Waals surface area contributed by atoms with E-state index >= 15 is 0 Å². The molecular weight excluding hydrogens is 962 g/mol. The number of pyridine rings is 2. The number of benzene rings is 2. The predicted molar refractivity (Wildman–Crippen MR) is 248 cm³/mol. The van der Waals surface area contributed by atoms with E-state index in [1.165, 1.54) is 19.5 Å². The van der Waals surface area contributed by atoms with Crippen LogP contribution < -0.4 is 39.8 Å². The van der Waals surface area contributed by atoms with Gasteiger partial charge in [-0.15, -0.1) is 0 Å². The van der Waals surface area contributed by atoms with E-state index < -0.39 is 47.0 Å². The summed E-state index contributed by atoms with van der Waals surface area (Å²) < 4.78 is 106. The molecular formula is C46H41ClF6N14O4. The van der Waals surface area contributed by atoms with Crippen LogP contribution in [-0.4, -0.2) is 90.5 Å². The zero-order valence-corrected chi connectivity index (χ0v) is 39.1. The lowest BCUT2D eigenvalue weighted by Gasteiger charge is -2.35. The fourth-order valence-corrected chi connectivity index (χ4v) is 7.48. The molecule has 0 aliphatic carbocycles. The van der Waals surface area contributed by atoms with Crippen molar-refractivity contribution < 1.29 is 45.3 Å². The van der Waals surface area contributed by atoms with Gasteiger partial charge in [0.1, 0.15) is 25.9 Å². The number of rotatable bonds is 8. The highest BCUT2D eigenvalue weighted by molar-refractivity contribution is 6.28. The number of anilines is 5. The number of aryl methyl sites for hydroxylation is 2. The molecule has 0 spiro atoms. The average Bonchev–Trinajstić information content (AvgIpc) is 4.00. The first-order valence-corrected chi connectivity index (χ1v) is 21.4. The normalized spacial score (nSPS) is 14.7. The van der Waals surface area contributed by atoms with E-state index in [1.807, 2.05) is 26.2 Å². The third kappa shape index (κ3) is 10.6. The quantitative estimate of drug-likeness (QED) is 0.0836. The molecule has 2 aromatic carbocycles. The van der Waals surface area contributed by atoms with Crippen LogP contribution in [0.25, 0.3) is 11.6 Å². The number of halogens is 7. The Hall–Kier alpha value is -8.41. The van der Waals surface area contributed by atoms with Gasteiger partial charge in [-0.3, -0.25) is 9.13 Å². The summed E-state index contributed by atoms with van der Waals surface area (Å²) in [4.78, 5) is 36.9. The fourth-order valence-electron chi connectivity index (χ4n) is 7.35. The number of hydrogen-bond donors (Lipinski definition) is 2. The van der Waals surface area contributed by atoms with E-state index in [-0.39, 0.29) is 35.6 Å². The molecule has 0 radical (unpaired) electrons. The largest absolute Gasteiger partial charge is 0.493 e. The Labute approximate surface area is 405 Å². The maximum atomic E-state index is 13.8. The molecule has 8 heterocycles. The van der Waals surface area contributed by atoms with Crippen molar-refractivity contribution in [1.82, 2.24) is 49.0 Å². The highest BCUT2D eigenvalue weighted by Gasteiger charge is 2.31. The highest BCUT2D eigenvalue weighted by Crippen LogP contribution is 2.39. The van der Waals surface area contributed by atoms with Crippen molar-refractivity contribution in [1.29, 1.82) is 0 Å². The molecule has 0 bridgehead atoms. The van der Waals surface area contributed by atoms with E-state index in [4.69, 9.17) is 36.3 Å². The van der Waals surface area contributed by atoms with Gasteiger partial charge in [-0.25, -0.2) is 56.2 Å². The number of likely N-dealkylation sites (N-methyl/N-ethyl adjacent to an activating group) is 2. The molecule has 71 heavy (non-hydrogen) atoms. The monoisotopic (exact) mass is 1000 g/mol. The fraction of sp³-hybridized carbons (Fsp3) is 0.217. The van der Waals surface area contributed by atoms with Crippen molar-refractivity contribution in [3.05, 3.63) is 149 Å². The zero-order valence-electron chi connectivity index (χ0n) is 38.4. The standard InChI is InChI=1S/C23H20F3N7O2.C13H9ClF3N3O.C10H12N4O/c1-12-9-33(11-29-12)21-18(34-3)6-14(7-27-21)30-23-28-8-19-22(31-23)32(2)17(10-35-19)13-4-15(24)20(26)16(25)5-13;1-20-9(6-2-7(15)11(17)8(16)3-6)5-21-10-4-18-13(14)19-12(10)20;1-7-5-14(6-13-7)10-9(15-2)3-8(11)4-12-10/h4-9,11,17H,10H2,1-3H3,(H,28,30,31);2-4,9H,5H2,1H3;3-6H,11H2,1-2H3. The van der Waals surface area contributed by atoms with Crippen LogP contribution in [0.15, 0.2) is 86.2 Å². The Kier molecular flexibility index (Phi) is 14.3. The molecule has 18 nitrogen and oxygen atoms in total. The minimum atomic E-state index is -1.51. The van der Waals surface area contributed by atoms with E-state index in [2.05, 4.69) is 45.2 Å². The molecule has 3 N–H and O–H groups in total. The summed E-state index contributed by atoms with van der Waals surface area (Å²) in [6, 6.07) is 6.16. The first kappa shape index (κ1) is 49.0. The summed E-state index contributed by atoms with van der Waals surface area (Å²) in [6.07, 6.45) is 13.1. The van der Waals surface area contributed by atoms with Gasteiger partial charge >= 0.3 is 0 Å². The maximum absolute atomic E-state index is 13.8. The number of nitrogens with one attached hydrogen (secondary N) is 1. The van der Waals surface area contributed by atoms with Gasteiger partial charge < -0.3 is 39.8 Å². The van der Waals surface area contributed by atoms with Gasteiger partial charge in [-0.05, 0) is 60.8 Å². The van der Waals surface area contributed by atoms with Gasteiger partial charge in [0.15, 0.2) is 81.2 Å². The summed E-state index contributed by atoms with van der Waals surface area (Å²) in [7, 11) is 6.50. The number of nitrogens with two attached hydrogens (primary N) is 1. The van der Waals surface area contributed by atoms with Gasteiger partial charge in [-0.2, -0.15) is 9.97 Å². The van der Waals surface area contributed by atoms with E-state index in [1.54, 1.807) is 77.3 Å². The number of nitrogen functional groups attached to an aromatic ring is 1. The number of ether oxygens (including phenoxy) is 4. The number of aromatic nitrogens is 10. The van der Waals surface area contributed by atoms with Crippen molar-refractivity contribution in [3.8, 4) is 34.6 Å². The van der Waals surface area contributed by atoms with Crippen LogP contribution in [-0.2, 0) is 0 Å². The third-order valence-electron chi connectivity index (χ3n) is 10.9. The molecule has 0 saturated carbocycles. The van der Waals surface area contributed by atoms with Crippen LogP contribution in [0.2, 0.25) is 5.28 Å². The van der Waals surface area contributed by atoms with Gasteiger partial charge in [-0.1, -0.05) is 0 Å². The summed E-state index contributed by atoms with van der Waals surface area (Å²) in [5.41, 5.74) is 9.00. The third-order valence-corrected chi connectivity index (χ3v) is 11.1. The number of fused-ring (bicyclic) bond motifs is 2. The number of methoxy groups -OCH3 is 2. The molecule has 0 saturated heterocycles. The number of hydrogen-bond acceptors (Lipinski definition) is 16. The van der Waals surface area contributed by atoms with Gasteiger partial charge in [0.2, 0.25) is 11.2 Å². The molecule has 6 aromatic heterocycles. The highest BCUT2D eigenvalue weighted by atomic mass is 35.5. The lowest BCUT2D eigenvalue weighted by molar-refractivity contribution is 0.264. The summed E-state index contributed by atoms with van der Waals surface area (Å²) in [6.45, 7) is 4.00. The summed E-state index contributed by atoms with van der Waals surface area (Å²) in [5.74, 6) is -3.78. The van der Waals surface area contributed by atoms with E-state index in [9.17, 15) is 26.3 Å². The lowest BCUT2D eigenvalue weighted by atomic mass is 10.0. The molecule has 0 amide bonds. The van der Waals surface area contributed by atoms with E-state index in [0.717, 1.165) is 35.7 Å². The Morgan fingerprint density at radius 3 is 1.55 bits per heavy atom. The Morgan fingerprint density at radius 2 is 1.07 bits per heavy atom. The van der Waals surface area contributed by atoms with Gasteiger partial charge in [0.25, 0.3) is 0 Å². The van der Waals surface area contributed by atoms with Crippen molar-refractivity contribution in [3.63, 3.8) is 0 Å². The molecule has 2 aliphatic heterocycles. The van der Waals surface area contributed by atoms with Crippen molar-refractivity contribution in [2.45, 2.75) is 25.9 Å².